The molecule has 1 saturated carbocycles. The molecular formula is C13H22N2O. The van der Waals surface area contributed by atoms with Crippen molar-refractivity contribution in [2.75, 3.05) is 19.6 Å². The van der Waals surface area contributed by atoms with Gasteiger partial charge in [0.2, 0.25) is 5.91 Å². The zero-order valence-electron chi connectivity index (χ0n) is 10.2. The van der Waals surface area contributed by atoms with Gasteiger partial charge in [-0.1, -0.05) is 13.0 Å². The van der Waals surface area contributed by atoms with E-state index in [2.05, 4.69) is 18.8 Å². The monoisotopic (exact) mass is 222 g/mol. The molecule has 1 aliphatic carbocycles. The van der Waals surface area contributed by atoms with Crippen LogP contribution in [-0.2, 0) is 4.79 Å². The molecule has 1 aliphatic heterocycles. The Hall–Kier alpha value is -0.830. The van der Waals surface area contributed by atoms with Crippen molar-refractivity contribution in [3.8, 4) is 0 Å². The molecule has 1 atom stereocenters. The molecule has 1 heterocycles. The third-order valence-corrected chi connectivity index (χ3v) is 3.95. The van der Waals surface area contributed by atoms with Gasteiger partial charge in [-0.3, -0.25) is 4.79 Å². The second-order valence-corrected chi connectivity index (χ2v) is 5.04. The fourth-order valence-corrected chi connectivity index (χ4v) is 2.61. The molecule has 0 aromatic rings. The molecule has 1 saturated heterocycles. The molecule has 3 heteroatoms. The number of nitrogens with one attached hydrogen (secondary N) is 1. The SMILES string of the molecule is C=CCN(C(=O)C1(CC)CCNC1)C1CC1. The summed E-state index contributed by atoms with van der Waals surface area (Å²) in [5.74, 6) is 0.349. The van der Waals surface area contributed by atoms with Gasteiger partial charge in [-0.25, -0.2) is 0 Å². The first-order valence-electron chi connectivity index (χ1n) is 6.36. The summed E-state index contributed by atoms with van der Waals surface area (Å²) in [4.78, 5) is 14.7. The van der Waals surface area contributed by atoms with Gasteiger partial charge in [-0.2, -0.15) is 0 Å². The molecule has 90 valence electrons. The van der Waals surface area contributed by atoms with Crippen molar-refractivity contribution < 1.29 is 4.79 Å². The predicted molar refractivity (Wildman–Crippen MR) is 65.1 cm³/mol. The predicted octanol–water partition coefficient (Wildman–Crippen LogP) is 1.55. The quantitative estimate of drug-likeness (QED) is 0.716. The van der Waals surface area contributed by atoms with Gasteiger partial charge in [0.25, 0.3) is 0 Å². The van der Waals surface area contributed by atoms with Crippen LogP contribution in [0.2, 0.25) is 0 Å². The molecule has 0 radical (unpaired) electrons. The van der Waals surface area contributed by atoms with Gasteiger partial charge in [0.05, 0.1) is 5.41 Å². The molecule has 0 bridgehead atoms. The third kappa shape index (κ3) is 2.01. The highest BCUT2D eigenvalue weighted by molar-refractivity contribution is 5.84. The largest absolute Gasteiger partial charge is 0.335 e. The maximum atomic E-state index is 12.6. The van der Waals surface area contributed by atoms with Gasteiger partial charge in [-0.05, 0) is 32.2 Å². The van der Waals surface area contributed by atoms with E-state index >= 15 is 0 Å². The molecule has 1 unspecified atom stereocenters. The van der Waals surface area contributed by atoms with E-state index in [4.69, 9.17) is 0 Å². The van der Waals surface area contributed by atoms with E-state index in [-0.39, 0.29) is 5.41 Å². The Kier molecular flexibility index (Phi) is 3.33. The zero-order chi connectivity index (χ0) is 11.6. The first kappa shape index (κ1) is 11.6. The number of hydrogen-bond donors (Lipinski definition) is 1. The van der Waals surface area contributed by atoms with Gasteiger partial charge in [0, 0.05) is 19.1 Å². The van der Waals surface area contributed by atoms with Crippen LogP contribution >= 0.6 is 0 Å². The smallest absolute Gasteiger partial charge is 0.230 e. The summed E-state index contributed by atoms with van der Waals surface area (Å²) in [5, 5.41) is 3.33. The number of hydrogen-bond acceptors (Lipinski definition) is 2. The maximum absolute atomic E-state index is 12.6. The normalized spacial score (nSPS) is 29.1. The lowest BCUT2D eigenvalue weighted by Gasteiger charge is -2.32. The second kappa shape index (κ2) is 4.58. The Balaban J connectivity index is 2.10. The lowest BCUT2D eigenvalue weighted by atomic mass is 9.82. The van der Waals surface area contributed by atoms with Gasteiger partial charge >= 0.3 is 0 Å². The Morgan fingerprint density at radius 2 is 2.38 bits per heavy atom. The molecule has 1 amide bonds. The summed E-state index contributed by atoms with van der Waals surface area (Å²) in [6.45, 7) is 8.43. The fourth-order valence-electron chi connectivity index (χ4n) is 2.61. The lowest BCUT2D eigenvalue weighted by Crippen LogP contribution is -2.46. The van der Waals surface area contributed by atoms with E-state index < -0.39 is 0 Å². The summed E-state index contributed by atoms with van der Waals surface area (Å²) in [5.41, 5.74) is -0.133. The van der Waals surface area contributed by atoms with E-state index in [9.17, 15) is 4.79 Å². The van der Waals surface area contributed by atoms with Gasteiger partial charge in [0.1, 0.15) is 0 Å². The standard InChI is InChI=1S/C13H22N2O/c1-3-9-15(11-5-6-11)12(16)13(4-2)7-8-14-10-13/h3,11,14H,1,4-10H2,2H3. The Morgan fingerprint density at radius 1 is 1.62 bits per heavy atom. The number of carbonyl (C=O) groups excluding carboxylic acids is 1. The molecule has 2 aliphatic rings. The molecule has 3 nitrogen and oxygen atoms in total. The minimum absolute atomic E-state index is 0.133. The Bertz CT molecular complexity index is 278. The van der Waals surface area contributed by atoms with Crippen molar-refractivity contribution in [3.05, 3.63) is 12.7 Å². The van der Waals surface area contributed by atoms with Gasteiger partial charge < -0.3 is 10.2 Å². The van der Waals surface area contributed by atoms with E-state index in [1.165, 1.54) is 12.8 Å². The molecule has 1 N–H and O–H groups in total. The van der Waals surface area contributed by atoms with Crippen molar-refractivity contribution in [1.29, 1.82) is 0 Å². The summed E-state index contributed by atoms with van der Waals surface area (Å²) in [7, 11) is 0. The molecule has 2 fully saturated rings. The topological polar surface area (TPSA) is 32.3 Å². The minimum Gasteiger partial charge on any atom is -0.335 e. The van der Waals surface area contributed by atoms with Crippen molar-refractivity contribution in [3.63, 3.8) is 0 Å². The number of amides is 1. The van der Waals surface area contributed by atoms with Crippen LogP contribution in [0.3, 0.4) is 0 Å². The van der Waals surface area contributed by atoms with Crippen LogP contribution < -0.4 is 5.32 Å². The minimum atomic E-state index is -0.133. The Morgan fingerprint density at radius 3 is 2.81 bits per heavy atom. The molecule has 0 aromatic heterocycles. The molecule has 16 heavy (non-hydrogen) atoms. The first-order valence-corrected chi connectivity index (χ1v) is 6.36. The number of rotatable bonds is 5. The van der Waals surface area contributed by atoms with Crippen molar-refractivity contribution in [1.82, 2.24) is 10.2 Å². The van der Waals surface area contributed by atoms with Gasteiger partial charge in [0.15, 0.2) is 0 Å². The van der Waals surface area contributed by atoms with Crippen LogP contribution in [0.4, 0.5) is 0 Å². The lowest BCUT2D eigenvalue weighted by molar-refractivity contribution is -0.141. The zero-order valence-corrected chi connectivity index (χ0v) is 10.2. The molecule has 0 spiro atoms. The van der Waals surface area contributed by atoms with Gasteiger partial charge in [-0.15, -0.1) is 6.58 Å². The van der Waals surface area contributed by atoms with E-state index in [0.29, 0.717) is 18.5 Å². The summed E-state index contributed by atoms with van der Waals surface area (Å²) >= 11 is 0. The second-order valence-electron chi connectivity index (χ2n) is 5.04. The van der Waals surface area contributed by atoms with E-state index in [1.54, 1.807) is 0 Å². The summed E-state index contributed by atoms with van der Waals surface area (Å²) in [6, 6.07) is 0.495. The van der Waals surface area contributed by atoms with E-state index in [1.807, 2.05) is 11.0 Å². The third-order valence-electron chi connectivity index (χ3n) is 3.95. The van der Waals surface area contributed by atoms with Crippen LogP contribution in [0.1, 0.15) is 32.6 Å². The van der Waals surface area contributed by atoms with Crippen LogP contribution in [-0.4, -0.2) is 36.5 Å². The number of nitrogens with zero attached hydrogens (tertiary/aromatic N) is 1. The van der Waals surface area contributed by atoms with Crippen LogP contribution in [0, 0.1) is 5.41 Å². The summed E-state index contributed by atoms with van der Waals surface area (Å²) < 4.78 is 0. The van der Waals surface area contributed by atoms with Crippen molar-refractivity contribution >= 4 is 5.91 Å². The average molecular weight is 222 g/mol. The van der Waals surface area contributed by atoms with Crippen molar-refractivity contribution in [2.45, 2.75) is 38.6 Å². The summed E-state index contributed by atoms with van der Waals surface area (Å²) in [6.07, 6.45) is 6.13. The van der Waals surface area contributed by atoms with Crippen LogP contribution in [0.25, 0.3) is 0 Å². The number of carbonyl (C=O) groups is 1. The molecule has 2 rings (SSSR count). The highest BCUT2D eigenvalue weighted by atomic mass is 16.2. The first-order chi connectivity index (χ1) is 7.73. The average Bonchev–Trinajstić information content (AvgIpc) is 3.02. The van der Waals surface area contributed by atoms with Crippen LogP contribution in [0.5, 0.6) is 0 Å². The van der Waals surface area contributed by atoms with Crippen LogP contribution in [0.15, 0.2) is 12.7 Å². The molecular weight excluding hydrogens is 200 g/mol. The van der Waals surface area contributed by atoms with E-state index in [0.717, 1.165) is 25.9 Å². The Labute approximate surface area is 97.9 Å². The molecule has 0 aromatic carbocycles. The fraction of sp³-hybridized carbons (Fsp3) is 0.769. The highest BCUT2D eigenvalue weighted by Crippen LogP contribution is 2.36. The van der Waals surface area contributed by atoms with Crippen molar-refractivity contribution in [2.24, 2.45) is 5.41 Å². The highest BCUT2D eigenvalue weighted by Gasteiger charge is 2.45. The maximum Gasteiger partial charge on any atom is 0.230 e.